The van der Waals surface area contributed by atoms with Crippen molar-refractivity contribution in [3.8, 4) is 0 Å². The van der Waals surface area contributed by atoms with E-state index < -0.39 is 12.7 Å². The van der Waals surface area contributed by atoms with E-state index in [-0.39, 0.29) is 5.92 Å². The van der Waals surface area contributed by atoms with Gasteiger partial charge >= 0.3 is 6.18 Å². The second-order valence-corrected chi connectivity index (χ2v) is 7.37. The van der Waals surface area contributed by atoms with Crippen LogP contribution in [0, 0.1) is 11.8 Å². The molecule has 2 unspecified atom stereocenters. The van der Waals surface area contributed by atoms with Gasteiger partial charge in [-0.05, 0) is 32.2 Å². The minimum atomic E-state index is -4.12. The molecular formula is C18H33F3N4O2. The van der Waals surface area contributed by atoms with Gasteiger partial charge in [0.2, 0.25) is 0 Å². The highest BCUT2D eigenvalue weighted by molar-refractivity contribution is 5.80. The average molecular weight is 394 g/mol. The molecule has 0 aromatic rings. The maximum atomic E-state index is 12.5. The van der Waals surface area contributed by atoms with Crippen LogP contribution in [0.15, 0.2) is 4.99 Å². The van der Waals surface area contributed by atoms with Crippen LogP contribution in [0.4, 0.5) is 13.2 Å². The highest BCUT2D eigenvalue weighted by Crippen LogP contribution is 2.23. The molecule has 0 spiro atoms. The number of nitrogens with zero attached hydrogens (tertiary/aromatic N) is 3. The van der Waals surface area contributed by atoms with Gasteiger partial charge in [0.25, 0.3) is 0 Å². The van der Waals surface area contributed by atoms with Gasteiger partial charge in [0, 0.05) is 45.8 Å². The Morgan fingerprint density at radius 2 is 1.93 bits per heavy atom. The zero-order chi connectivity index (χ0) is 19.7. The lowest BCUT2D eigenvalue weighted by atomic mass is 10.1. The molecule has 6 nitrogen and oxygen atoms in total. The lowest BCUT2D eigenvalue weighted by molar-refractivity contribution is -0.143. The van der Waals surface area contributed by atoms with Crippen molar-refractivity contribution in [2.24, 2.45) is 16.8 Å². The van der Waals surface area contributed by atoms with E-state index in [1.807, 2.05) is 6.92 Å². The number of alkyl halides is 3. The summed E-state index contributed by atoms with van der Waals surface area (Å²) in [7, 11) is 1.66. The number of aliphatic imine (C=N–C) groups is 1. The summed E-state index contributed by atoms with van der Waals surface area (Å²) in [5, 5.41) is 3.32. The monoisotopic (exact) mass is 394 g/mol. The third-order valence-corrected chi connectivity index (χ3v) is 4.98. The Bertz CT molecular complexity index is 462. The Kier molecular flexibility index (Phi) is 9.11. The van der Waals surface area contributed by atoms with Gasteiger partial charge < -0.3 is 19.7 Å². The van der Waals surface area contributed by atoms with Gasteiger partial charge in [-0.1, -0.05) is 0 Å². The highest BCUT2D eigenvalue weighted by atomic mass is 19.4. The Hall–Kier alpha value is -1.06. The molecule has 2 heterocycles. The molecule has 2 atom stereocenters. The lowest BCUT2D eigenvalue weighted by Gasteiger charge is -2.22. The highest BCUT2D eigenvalue weighted by Gasteiger charge is 2.34. The first kappa shape index (κ1) is 22.2. The van der Waals surface area contributed by atoms with Crippen molar-refractivity contribution in [1.29, 1.82) is 0 Å². The zero-order valence-electron chi connectivity index (χ0n) is 16.4. The first-order valence-corrected chi connectivity index (χ1v) is 9.80. The van der Waals surface area contributed by atoms with E-state index in [1.165, 1.54) is 4.90 Å². The number of methoxy groups -OCH3 is 1. The van der Waals surface area contributed by atoms with E-state index in [0.717, 1.165) is 38.4 Å². The van der Waals surface area contributed by atoms with Crippen molar-refractivity contribution in [3.63, 3.8) is 0 Å². The summed E-state index contributed by atoms with van der Waals surface area (Å²) in [4.78, 5) is 8.43. The van der Waals surface area contributed by atoms with E-state index in [2.05, 4.69) is 10.2 Å². The molecule has 0 aliphatic carbocycles. The van der Waals surface area contributed by atoms with Crippen molar-refractivity contribution in [2.45, 2.75) is 25.9 Å². The third kappa shape index (κ3) is 8.23. The average Bonchev–Trinajstić information content (AvgIpc) is 3.23. The Balaban J connectivity index is 1.77. The molecule has 0 bridgehead atoms. The van der Waals surface area contributed by atoms with Gasteiger partial charge in [0.1, 0.15) is 0 Å². The summed E-state index contributed by atoms with van der Waals surface area (Å²) in [6, 6.07) is 0. The first-order valence-electron chi connectivity index (χ1n) is 9.80. The molecular weight excluding hydrogens is 361 g/mol. The number of hydrogen-bond acceptors (Lipinski definition) is 4. The van der Waals surface area contributed by atoms with Gasteiger partial charge in [-0.25, -0.2) is 0 Å². The smallest absolute Gasteiger partial charge is 0.382 e. The van der Waals surface area contributed by atoms with Crippen LogP contribution in [0.1, 0.15) is 19.8 Å². The number of ether oxygens (including phenoxy) is 2. The molecule has 2 aliphatic heterocycles. The number of hydrogen-bond donors (Lipinski definition) is 1. The largest absolute Gasteiger partial charge is 0.401 e. The summed E-state index contributed by atoms with van der Waals surface area (Å²) in [6.07, 6.45) is -2.29. The molecule has 1 N–H and O–H groups in total. The molecule has 2 rings (SSSR count). The minimum absolute atomic E-state index is 0.191. The van der Waals surface area contributed by atoms with Crippen molar-refractivity contribution >= 4 is 5.96 Å². The second kappa shape index (κ2) is 11.1. The molecule has 0 amide bonds. The summed E-state index contributed by atoms with van der Waals surface area (Å²) >= 11 is 0. The normalized spacial score (nSPS) is 24.8. The van der Waals surface area contributed by atoms with Gasteiger partial charge in [-0.3, -0.25) is 9.89 Å². The molecule has 0 radical (unpaired) electrons. The molecule has 2 aliphatic rings. The molecule has 2 saturated heterocycles. The number of guanidine groups is 1. The number of likely N-dealkylation sites (tertiary alicyclic amines) is 2. The van der Waals surface area contributed by atoms with E-state index in [4.69, 9.17) is 14.5 Å². The van der Waals surface area contributed by atoms with Crippen LogP contribution in [0.2, 0.25) is 0 Å². The van der Waals surface area contributed by atoms with Crippen LogP contribution in [0.5, 0.6) is 0 Å². The number of halogens is 3. The van der Waals surface area contributed by atoms with Gasteiger partial charge in [0.15, 0.2) is 5.96 Å². The summed E-state index contributed by atoms with van der Waals surface area (Å²) < 4.78 is 48.2. The van der Waals surface area contributed by atoms with Crippen molar-refractivity contribution in [3.05, 3.63) is 0 Å². The Labute approximate surface area is 160 Å². The SMILES string of the molecule is CCNC(=NCC1CCN(CC(F)(F)F)C1)N1CCC(COCCOC)C1. The third-order valence-electron chi connectivity index (χ3n) is 4.98. The topological polar surface area (TPSA) is 49.3 Å². The quantitative estimate of drug-likeness (QED) is 0.367. The first-order chi connectivity index (χ1) is 12.9. The fraction of sp³-hybridized carbons (Fsp3) is 0.944. The van der Waals surface area contributed by atoms with Crippen LogP contribution in [0.25, 0.3) is 0 Å². The van der Waals surface area contributed by atoms with E-state index in [0.29, 0.717) is 45.4 Å². The predicted octanol–water partition coefficient (Wildman–Crippen LogP) is 1.82. The van der Waals surface area contributed by atoms with E-state index in [9.17, 15) is 13.2 Å². The van der Waals surface area contributed by atoms with Gasteiger partial charge in [0.05, 0.1) is 26.4 Å². The van der Waals surface area contributed by atoms with Crippen LogP contribution in [-0.4, -0.2) is 94.7 Å². The second-order valence-electron chi connectivity index (χ2n) is 7.37. The molecule has 0 aromatic carbocycles. The number of nitrogens with one attached hydrogen (secondary N) is 1. The molecule has 27 heavy (non-hydrogen) atoms. The predicted molar refractivity (Wildman–Crippen MR) is 99.0 cm³/mol. The zero-order valence-corrected chi connectivity index (χ0v) is 16.4. The van der Waals surface area contributed by atoms with Gasteiger partial charge in [-0.15, -0.1) is 0 Å². The maximum Gasteiger partial charge on any atom is 0.401 e. The summed E-state index contributed by atoms with van der Waals surface area (Å²) in [5.74, 6) is 1.53. The van der Waals surface area contributed by atoms with Gasteiger partial charge in [-0.2, -0.15) is 13.2 Å². The maximum absolute atomic E-state index is 12.5. The molecule has 158 valence electrons. The van der Waals surface area contributed by atoms with Crippen molar-refractivity contribution in [2.75, 3.05) is 72.7 Å². The Morgan fingerprint density at radius 1 is 1.15 bits per heavy atom. The molecule has 9 heteroatoms. The van der Waals surface area contributed by atoms with E-state index in [1.54, 1.807) is 7.11 Å². The van der Waals surface area contributed by atoms with Crippen molar-refractivity contribution < 1.29 is 22.6 Å². The van der Waals surface area contributed by atoms with Crippen LogP contribution >= 0.6 is 0 Å². The fourth-order valence-corrected chi connectivity index (χ4v) is 3.65. The van der Waals surface area contributed by atoms with Crippen LogP contribution in [0.3, 0.4) is 0 Å². The summed E-state index contributed by atoms with van der Waals surface area (Å²) in [6.45, 7) is 7.27. The van der Waals surface area contributed by atoms with Crippen molar-refractivity contribution in [1.82, 2.24) is 15.1 Å². The van der Waals surface area contributed by atoms with E-state index >= 15 is 0 Å². The fourth-order valence-electron chi connectivity index (χ4n) is 3.65. The Morgan fingerprint density at radius 3 is 2.63 bits per heavy atom. The molecule has 0 saturated carbocycles. The standard InChI is InChI=1S/C18H33F3N4O2/c1-3-22-17(25-7-5-16(12-25)13-27-9-8-26-2)23-10-15-4-6-24(11-15)14-18(19,20)21/h15-16H,3-14H2,1-2H3,(H,22,23). The minimum Gasteiger partial charge on any atom is -0.382 e. The molecule has 2 fully saturated rings. The summed E-state index contributed by atoms with van der Waals surface area (Å²) in [5.41, 5.74) is 0. The van der Waals surface area contributed by atoms with Crippen LogP contribution < -0.4 is 5.32 Å². The number of rotatable bonds is 9. The van der Waals surface area contributed by atoms with Crippen LogP contribution in [-0.2, 0) is 9.47 Å². The molecule has 0 aromatic heterocycles. The lowest BCUT2D eigenvalue weighted by Crippen LogP contribution is -2.40.